The van der Waals surface area contributed by atoms with Crippen LogP contribution >= 0.6 is 0 Å². The molecular formula is C16H25N3O4S. The van der Waals surface area contributed by atoms with Crippen molar-refractivity contribution in [1.82, 2.24) is 8.61 Å². The number of hydrogen-bond donors (Lipinski definition) is 1. The molecule has 0 bridgehead atoms. The average Bonchev–Trinajstić information content (AvgIpc) is 2.57. The Bertz CT molecular complexity index is 676. The molecule has 1 aromatic carbocycles. The molecule has 0 aromatic heterocycles. The number of rotatable bonds is 6. The lowest BCUT2D eigenvalue weighted by Gasteiger charge is -2.32. The van der Waals surface area contributed by atoms with E-state index in [1.165, 1.54) is 22.7 Å². The molecular weight excluding hydrogens is 330 g/mol. The molecule has 1 atom stereocenters. The molecule has 1 amide bonds. The molecule has 134 valence electrons. The number of nitrogens with zero attached hydrogens (tertiary/aromatic N) is 2. The molecule has 0 aliphatic carbocycles. The summed E-state index contributed by atoms with van der Waals surface area (Å²) in [6.45, 7) is 3.03. The van der Waals surface area contributed by atoms with Crippen LogP contribution in [0.5, 0.6) is 5.75 Å². The first-order valence-electron chi connectivity index (χ1n) is 8.06. The highest BCUT2D eigenvalue weighted by Crippen LogP contribution is 2.26. The Morgan fingerprint density at radius 2 is 2.08 bits per heavy atom. The van der Waals surface area contributed by atoms with Crippen molar-refractivity contribution in [2.75, 3.05) is 39.1 Å². The fourth-order valence-corrected chi connectivity index (χ4v) is 3.87. The summed E-state index contributed by atoms with van der Waals surface area (Å²) in [5.74, 6) is 0.0610. The first kappa shape index (κ1) is 18.7. The molecule has 0 radical (unpaired) electrons. The average molecular weight is 355 g/mol. The smallest absolute Gasteiger partial charge is 0.281 e. The number of para-hydroxylation sites is 2. The summed E-state index contributed by atoms with van der Waals surface area (Å²) >= 11 is 0. The van der Waals surface area contributed by atoms with E-state index in [9.17, 15) is 13.2 Å². The Kier molecular flexibility index (Phi) is 6.20. The predicted octanol–water partition coefficient (Wildman–Crippen LogP) is 1.54. The minimum Gasteiger partial charge on any atom is -0.492 e. The topological polar surface area (TPSA) is 79.0 Å². The van der Waals surface area contributed by atoms with Crippen molar-refractivity contribution in [2.45, 2.75) is 19.8 Å². The van der Waals surface area contributed by atoms with E-state index in [1.807, 2.05) is 19.1 Å². The van der Waals surface area contributed by atoms with Gasteiger partial charge in [0.2, 0.25) is 5.91 Å². The molecule has 2 rings (SSSR count). The van der Waals surface area contributed by atoms with Gasteiger partial charge in [-0.1, -0.05) is 12.1 Å². The molecule has 8 heteroatoms. The molecule has 1 aliphatic heterocycles. The van der Waals surface area contributed by atoms with Crippen molar-refractivity contribution >= 4 is 21.8 Å². The Morgan fingerprint density at radius 1 is 1.38 bits per heavy atom. The van der Waals surface area contributed by atoms with Crippen molar-refractivity contribution in [3.8, 4) is 5.75 Å². The first-order valence-corrected chi connectivity index (χ1v) is 9.46. The zero-order chi connectivity index (χ0) is 17.7. The van der Waals surface area contributed by atoms with E-state index >= 15 is 0 Å². The van der Waals surface area contributed by atoms with Crippen LogP contribution in [0.3, 0.4) is 0 Å². The van der Waals surface area contributed by atoms with Gasteiger partial charge < -0.3 is 10.1 Å². The lowest BCUT2D eigenvalue weighted by Crippen LogP contribution is -2.47. The Labute approximate surface area is 143 Å². The van der Waals surface area contributed by atoms with Gasteiger partial charge in [-0.15, -0.1) is 0 Å². The molecule has 0 spiro atoms. The minimum absolute atomic E-state index is 0.180. The van der Waals surface area contributed by atoms with E-state index in [4.69, 9.17) is 4.74 Å². The first-order chi connectivity index (χ1) is 11.4. The lowest BCUT2D eigenvalue weighted by molar-refractivity contribution is -0.120. The van der Waals surface area contributed by atoms with Gasteiger partial charge >= 0.3 is 0 Å². The van der Waals surface area contributed by atoms with Crippen molar-refractivity contribution < 1.29 is 17.9 Å². The highest BCUT2D eigenvalue weighted by molar-refractivity contribution is 7.86. The fraction of sp³-hybridized carbons (Fsp3) is 0.562. The van der Waals surface area contributed by atoms with Gasteiger partial charge in [-0.25, -0.2) is 0 Å². The van der Waals surface area contributed by atoms with Crippen LogP contribution in [0, 0.1) is 5.92 Å². The second-order valence-electron chi connectivity index (χ2n) is 5.91. The number of carbonyl (C=O) groups is 1. The van der Waals surface area contributed by atoms with Crippen molar-refractivity contribution in [3.05, 3.63) is 24.3 Å². The van der Waals surface area contributed by atoms with E-state index in [2.05, 4.69) is 5.32 Å². The summed E-state index contributed by atoms with van der Waals surface area (Å²) in [5.41, 5.74) is 0.608. The number of ether oxygens (including phenoxy) is 1. The third kappa shape index (κ3) is 4.25. The number of nitrogens with one attached hydrogen (secondary N) is 1. The van der Waals surface area contributed by atoms with Gasteiger partial charge in [0.25, 0.3) is 10.2 Å². The number of anilines is 1. The molecule has 7 nitrogen and oxygen atoms in total. The summed E-state index contributed by atoms with van der Waals surface area (Å²) in [6, 6.07) is 7.23. The molecule has 1 fully saturated rings. The number of piperidine rings is 1. The second kappa shape index (κ2) is 7.96. The van der Waals surface area contributed by atoms with Gasteiger partial charge in [-0.2, -0.15) is 17.0 Å². The van der Waals surface area contributed by atoms with Crippen LogP contribution < -0.4 is 10.1 Å². The maximum Gasteiger partial charge on any atom is 0.281 e. The van der Waals surface area contributed by atoms with E-state index in [0.29, 0.717) is 37.4 Å². The van der Waals surface area contributed by atoms with Gasteiger partial charge in [0.1, 0.15) is 5.75 Å². The van der Waals surface area contributed by atoms with Crippen LogP contribution in [0.1, 0.15) is 19.8 Å². The maximum atomic E-state index is 12.6. The normalized spacial score (nSPS) is 19.2. The van der Waals surface area contributed by atoms with Crippen LogP contribution in [-0.2, 0) is 15.0 Å². The summed E-state index contributed by atoms with van der Waals surface area (Å²) in [6.07, 6.45) is 1.33. The standard InChI is InChI=1S/C16H25N3O4S/c1-4-23-15-10-6-5-9-14(15)17-16(20)13-8-7-11-19(12-13)24(21,22)18(2)3/h5-6,9-10,13H,4,7-8,11-12H2,1-3H3,(H,17,20)/t13-/m1/s1. The zero-order valence-corrected chi connectivity index (χ0v) is 15.2. The summed E-state index contributed by atoms with van der Waals surface area (Å²) < 4.78 is 32.6. The summed E-state index contributed by atoms with van der Waals surface area (Å²) in [5, 5.41) is 2.87. The van der Waals surface area contributed by atoms with Gasteiger partial charge in [0, 0.05) is 27.2 Å². The Hall–Kier alpha value is -1.64. The van der Waals surface area contributed by atoms with E-state index < -0.39 is 10.2 Å². The van der Waals surface area contributed by atoms with Gasteiger partial charge in [0.05, 0.1) is 18.2 Å². The largest absolute Gasteiger partial charge is 0.492 e. The SMILES string of the molecule is CCOc1ccccc1NC(=O)[C@@H]1CCCN(S(=O)(=O)N(C)C)C1. The molecule has 0 saturated carbocycles. The Morgan fingerprint density at radius 3 is 2.75 bits per heavy atom. The zero-order valence-electron chi connectivity index (χ0n) is 14.4. The van der Waals surface area contributed by atoms with E-state index in [1.54, 1.807) is 12.1 Å². The van der Waals surface area contributed by atoms with Crippen molar-refractivity contribution in [3.63, 3.8) is 0 Å². The fourth-order valence-electron chi connectivity index (χ4n) is 2.68. The number of hydrogen-bond acceptors (Lipinski definition) is 4. The highest BCUT2D eigenvalue weighted by Gasteiger charge is 2.33. The van der Waals surface area contributed by atoms with Crippen LogP contribution in [0.15, 0.2) is 24.3 Å². The summed E-state index contributed by atoms with van der Waals surface area (Å²) in [7, 11) is -0.499. The van der Waals surface area contributed by atoms with E-state index in [-0.39, 0.29) is 18.4 Å². The van der Waals surface area contributed by atoms with Crippen molar-refractivity contribution in [2.24, 2.45) is 5.92 Å². The number of benzene rings is 1. The highest BCUT2D eigenvalue weighted by atomic mass is 32.2. The van der Waals surface area contributed by atoms with Gasteiger partial charge in [-0.3, -0.25) is 4.79 Å². The quantitative estimate of drug-likeness (QED) is 0.840. The van der Waals surface area contributed by atoms with Crippen LogP contribution in [0.2, 0.25) is 0 Å². The minimum atomic E-state index is -3.49. The van der Waals surface area contributed by atoms with Gasteiger partial charge in [0.15, 0.2) is 0 Å². The molecule has 1 saturated heterocycles. The van der Waals surface area contributed by atoms with Crippen molar-refractivity contribution in [1.29, 1.82) is 0 Å². The van der Waals surface area contributed by atoms with Crippen LogP contribution in [0.25, 0.3) is 0 Å². The lowest BCUT2D eigenvalue weighted by atomic mass is 9.98. The monoisotopic (exact) mass is 355 g/mol. The molecule has 1 heterocycles. The van der Waals surface area contributed by atoms with Crippen LogP contribution in [0.4, 0.5) is 5.69 Å². The number of carbonyl (C=O) groups excluding carboxylic acids is 1. The molecule has 1 aromatic rings. The summed E-state index contributed by atoms with van der Waals surface area (Å²) in [4.78, 5) is 12.6. The Balaban J connectivity index is 2.08. The van der Waals surface area contributed by atoms with E-state index in [0.717, 1.165) is 0 Å². The molecule has 1 aliphatic rings. The predicted molar refractivity (Wildman–Crippen MR) is 93.1 cm³/mol. The molecule has 0 unspecified atom stereocenters. The van der Waals surface area contributed by atoms with Gasteiger partial charge in [-0.05, 0) is 31.9 Å². The third-order valence-electron chi connectivity index (χ3n) is 3.99. The molecule has 1 N–H and O–H groups in total. The third-order valence-corrected chi connectivity index (χ3v) is 5.89. The second-order valence-corrected chi connectivity index (χ2v) is 8.05. The van der Waals surface area contributed by atoms with Crippen LogP contribution in [-0.4, -0.2) is 56.7 Å². The molecule has 24 heavy (non-hydrogen) atoms. The maximum absolute atomic E-state index is 12.6. The number of amides is 1.